The molecule has 0 bridgehead atoms. The van der Waals surface area contributed by atoms with E-state index in [9.17, 15) is 18.8 Å². The Morgan fingerprint density at radius 3 is 2.27 bits per heavy atom. The summed E-state index contributed by atoms with van der Waals surface area (Å²) in [7, 11) is 0. The molecule has 1 aromatic carbocycles. The van der Waals surface area contributed by atoms with Gasteiger partial charge in [0.2, 0.25) is 0 Å². The van der Waals surface area contributed by atoms with E-state index in [1.165, 1.54) is 0 Å². The largest absolute Gasteiger partial charge is 0.459 e. The second-order valence-corrected chi connectivity index (χ2v) is 12.6. The molecule has 0 unspecified atom stereocenters. The van der Waals surface area contributed by atoms with Crippen LogP contribution in [0.25, 0.3) is 0 Å². The number of likely N-dealkylation sites (tertiary alicyclic amines) is 1. The summed E-state index contributed by atoms with van der Waals surface area (Å²) >= 11 is 0. The minimum absolute atomic E-state index is 0.0610. The third kappa shape index (κ3) is 10.5. The number of nitrogens with one attached hydrogen (secondary N) is 2. The number of carbonyl (C=O) groups excluding carboxylic acids is 3. The average molecular weight is 625 g/mol. The third-order valence-corrected chi connectivity index (χ3v) is 7.02. The van der Waals surface area contributed by atoms with Crippen LogP contribution in [0, 0.1) is 17.6 Å². The zero-order valence-electron chi connectivity index (χ0n) is 26.7. The highest BCUT2D eigenvalue weighted by atomic mass is 19.1. The van der Waals surface area contributed by atoms with Gasteiger partial charge in [0, 0.05) is 49.9 Å². The monoisotopic (exact) mass is 624 g/mol. The maximum absolute atomic E-state index is 15.1. The van der Waals surface area contributed by atoms with E-state index in [4.69, 9.17) is 19.0 Å². The van der Waals surface area contributed by atoms with Crippen molar-refractivity contribution in [1.29, 1.82) is 0 Å². The summed E-state index contributed by atoms with van der Waals surface area (Å²) in [6.45, 7) is 13.5. The van der Waals surface area contributed by atoms with Gasteiger partial charge < -0.3 is 29.3 Å². The summed E-state index contributed by atoms with van der Waals surface area (Å²) in [5, 5.41) is 2.48. The van der Waals surface area contributed by atoms with E-state index < -0.39 is 41.9 Å². The Hall–Kier alpha value is -3.61. The molecule has 1 fully saturated rings. The smallest absolute Gasteiger partial charge is 0.410 e. The maximum Gasteiger partial charge on any atom is 0.410 e. The van der Waals surface area contributed by atoms with Crippen LogP contribution in [-0.4, -0.2) is 73.1 Å². The molecule has 1 atom stereocenters. The van der Waals surface area contributed by atoms with Crippen LogP contribution in [0.4, 0.5) is 24.1 Å². The number of esters is 1. The second-order valence-electron chi connectivity index (χ2n) is 12.6. The lowest BCUT2D eigenvalue weighted by Gasteiger charge is -2.33. The summed E-state index contributed by atoms with van der Waals surface area (Å²) in [5.41, 5.74) is 3.06. The van der Waals surface area contributed by atoms with Crippen molar-refractivity contribution in [1.82, 2.24) is 15.7 Å². The fraction of sp³-hybridized carbons (Fsp3) is 0.645. The predicted octanol–water partition coefficient (Wildman–Crippen LogP) is 5.18. The first kappa shape index (κ1) is 34.9. The standard InChI is InChI=1S/C31H46F2N4O7/c1-19(2)27(34-29(39)43-31(5,6)7)28(38)41-18-21-16-25(33)26(17-24(21)32)36-12-8-22(9-13-36)35-44-23-10-14-37(15-11-23)30(40)42-20(3)4/h8,16-17,19-20,23,27,35H,9-15,18H2,1-7H3,(H,34,39)/t27-/m0/s1. The molecule has 246 valence electrons. The van der Waals surface area contributed by atoms with Gasteiger partial charge in [-0.3, -0.25) is 10.3 Å². The number of carbonyl (C=O) groups is 3. The van der Waals surface area contributed by atoms with Crippen molar-refractivity contribution in [3.05, 3.63) is 41.1 Å². The van der Waals surface area contributed by atoms with Gasteiger partial charge in [-0.2, -0.15) is 0 Å². The van der Waals surface area contributed by atoms with Gasteiger partial charge in [0.1, 0.15) is 29.9 Å². The van der Waals surface area contributed by atoms with Crippen molar-refractivity contribution in [2.24, 2.45) is 5.92 Å². The van der Waals surface area contributed by atoms with Crippen LogP contribution in [-0.2, 0) is 30.4 Å². The van der Waals surface area contributed by atoms with Crippen molar-refractivity contribution >= 4 is 23.8 Å². The molecule has 1 saturated heterocycles. The molecule has 2 heterocycles. The topological polar surface area (TPSA) is 119 Å². The van der Waals surface area contributed by atoms with Crippen LogP contribution in [0.5, 0.6) is 0 Å². The van der Waals surface area contributed by atoms with Crippen LogP contribution >= 0.6 is 0 Å². The molecule has 13 heteroatoms. The van der Waals surface area contributed by atoms with Crippen molar-refractivity contribution in [2.75, 3.05) is 31.1 Å². The third-order valence-electron chi connectivity index (χ3n) is 7.02. The summed E-state index contributed by atoms with van der Waals surface area (Å²) in [4.78, 5) is 46.1. The second kappa shape index (κ2) is 15.4. The number of ether oxygens (including phenoxy) is 3. The zero-order chi connectivity index (χ0) is 32.6. The van der Waals surface area contributed by atoms with Crippen LogP contribution in [0.15, 0.2) is 23.9 Å². The summed E-state index contributed by atoms with van der Waals surface area (Å²) < 4.78 is 45.7. The molecule has 1 aromatic rings. The van der Waals surface area contributed by atoms with E-state index in [-0.39, 0.29) is 35.5 Å². The number of nitrogens with zero attached hydrogens (tertiary/aromatic N) is 2. The average Bonchev–Trinajstić information content (AvgIpc) is 2.94. The zero-order valence-corrected chi connectivity index (χ0v) is 26.7. The minimum atomic E-state index is -1.02. The van der Waals surface area contributed by atoms with Gasteiger partial charge in [-0.05, 0) is 65.5 Å². The van der Waals surface area contributed by atoms with E-state index >= 15 is 4.39 Å². The van der Waals surface area contributed by atoms with Gasteiger partial charge in [0.25, 0.3) is 0 Å². The van der Waals surface area contributed by atoms with Gasteiger partial charge in [-0.15, -0.1) is 0 Å². The van der Waals surface area contributed by atoms with Crippen LogP contribution in [0.1, 0.15) is 73.3 Å². The minimum Gasteiger partial charge on any atom is -0.459 e. The molecule has 0 saturated carbocycles. The van der Waals surface area contributed by atoms with Crippen LogP contribution in [0.3, 0.4) is 0 Å². The Labute approximate surface area is 258 Å². The Morgan fingerprint density at radius 2 is 1.70 bits per heavy atom. The summed E-state index contributed by atoms with van der Waals surface area (Å²) in [6, 6.07) is 1.09. The number of rotatable bonds is 10. The molecule has 44 heavy (non-hydrogen) atoms. The predicted molar refractivity (Wildman–Crippen MR) is 159 cm³/mol. The van der Waals surface area contributed by atoms with Crippen molar-refractivity contribution < 1.29 is 42.2 Å². The lowest BCUT2D eigenvalue weighted by atomic mass is 10.1. The van der Waals surface area contributed by atoms with Gasteiger partial charge >= 0.3 is 18.2 Å². The van der Waals surface area contributed by atoms with E-state index in [1.54, 1.807) is 44.4 Å². The Bertz CT molecular complexity index is 1190. The van der Waals surface area contributed by atoms with E-state index in [0.717, 1.165) is 17.8 Å². The molecule has 2 aliphatic rings. The molecular formula is C31H46F2N4O7. The molecule has 2 amide bonds. The molecule has 0 aliphatic carbocycles. The SMILES string of the molecule is CC(C)OC(=O)N1CCC(ONC2=CCN(c3cc(F)c(COC(=O)[C@@H](NC(=O)OC(C)(C)C)C(C)C)cc3F)CC2)CC1. The molecule has 2 N–H and O–H groups in total. The highest BCUT2D eigenvalue weighted by molar-refractivity contribution is 5.81. The number of anilines is 1. The summed E-state index contributed by atoms with van der Waals surface area (Å²) in [6.07, 6.45) is 2.41. The van der Waals surface area contributed by atoms with Crippen LogP contribution < -0.4 is 15.7 Å². The van der Waals surface area contributed by atoms with Gasteiger partial charge in [-0.25, -0.2) is 23.2 Å². The van der Waals surface area contributed by atoms with Gasteiger partial charge in [0.15, 0.2) is 0 Å². The Kier molecular flexibility index (Phi) is 12.2. The van der Waals surface area contributed by atoms with E-state index in [2.05, 4.69) is 10.8 Å². The van der Waals surface area contributed by atoms with Crippen LogP contribution in [0.2, 0.25) is 0 Å². The van der Waals surface area contributed by atoms with Crippen molar-refractivity contribution in [3.63, 3.8) is 0 Å². The lowest BCUT2D eigenvalue weighted by Crippen LogP contribution is -2.47. The Balaban J connectivity index is 1.49. The molecule has 2 aliphatic heterocycles. The van der Waals surface area contributed by atoms with Crippen molar-refractivity contribution in [3.8, 4) is 0 Å². The number of halogens is 2. The van der Waals surface area contributed by atoms with Gasteiger partial charge in [0.05, 0.1) is 17.9 Å². The first-order valence-electron chi connectivity index (χ1n) is 15.1. The fourth-order valence-corrected chi connectivity index (χ4v) is 4.67. The number of hydroxylamine groups is 1. The highest BCUT2D eigenvalue weighted by Crippen LogP contribution is 2.27. The van der Waals surface area contributed by atoms with Crippen molar-refractivity contribution in [2.45, 2.75) is 98.2 Å². The first-order valence-corrected chi connectivity index (χ1v) is 15.1. The van der Waals surface area contributed by atoms with E-state index in [1.807, 2.05) is 19.9 Å². The molecule has 11 nitrogen and oxygen atoms in total. The summed E-state index contributed by atoms with van der Waals surface area (Å²) in [5.74, 6) is -2.47. The molecule has 0 aromatic heterocycles. The normalized spacial score (nSPS) is 16.8. The number of piperidine rings is 1. The fourth-order valence-electron chi connectivity index (χ4n) is 4.67. The number of hydrogen-bond acceptors (Lipinski definition) is 9. The first-order chi connectivity index (χ1) is 20.6. The quantitative estimate of drug-likeness (QED) is 0.206. The highest BCUT2D eigenvalue weighted by Gasteiger charge is 2.29. The molecule has 0 radical (unpaired) electrons. The molecule has 0 spiro atoms. The molecule has 3 rings (SSSR count). The van der Waals surface area contributed by atoms with E-state index in [0.29, 0.717) is 45.4 Å². The number of alkyl carbamates (subject to hydrolysis) is 1. The lowest BCUT2D eigenvalue weighted by molar-refractivity contribution is -0.148. The number of amides is 2. The Morgan fingerprint density at radius 1 is 1.02 bits per heavy atom. The maximum atomic E-state index is 15.1. The molecular weight excluding hydrogens is 578 g/mol. The number of benzene rings is 1. The van der Waals surface area contributed by atoms with Gasteiger partial charge in [-0.1, -0.05) is 13.8 Å². The number of hydrogen-bond donors (Lipinski definition) is 2.